The highest BCUT2D eigenvalue weighted by Gasteiger charge is 2.27. The van der Waals surface area contributed by atoms with Crippen molar-refractivity contribution in [2.75, 3.05) is 31.9 Å². The zero-order chi connectivity index (χ0) is 42.6. The summed E-state index contributed by atoms with van der Waals surface area (Å²) in [6.45, 7) is 6.77. The number of anilines is 1. The Hall–Kier alpha value is -5.12. The minimum atomic E-state index is -4.37. The number of benzene rings is 1. The van der Waals surface area contributed by atoms with Crippen molar-refractivity contribution in [3.63, 3.8) is 0 Å². The molecule has 304 valence electrons. The van der Waals surface area contributed by atoms with Crippen LogP contribution in [0.15, 0.2) is 37.7 Å². The first kappa shape index (κ1) is 47.0. The van der Waals surface area contributed by atoms with Gasteiger partial charge in [-0.05, 0) is 24.4 Å². The lowest BCUT2D eigenvalue weighted by Crippen LogP contribution is -2.35. The summed E-state index contributed by atoms with van der Waals surface area (Å²) < 4.78 is 52.3. The standard InChI is InChI=1S/C15H14Cl2N2O3.C11H11N5O6S2.C3H8NO5P/c1-5-6-21-12-8-11(9(16)7-10(12)17)19-14(20)22-13(18-19)15(2,3)4;1-5-12-9(15-11(13-5)22-2)14-10(19)16-24(20,21)6-3-4-23-7(6)8(17)18;5-3(6)1-4-2-10(7,8)9/h1,7-8H,6H2,2-4H3;3-4H,1-2H3,(H,17,18)(H2,12,13,14,15,16,19);4H,1-2H2,(H,5,6)(H2,7,8,9). The van der Waals surface area contributed by atoms with Crippen LogP contribution in [-0.4, -0.2) is 97.7 Å². The highest BCUT2D eigenvalue weighted by Crippen LogP contribution is 2.33. The maximum absolute atomic E-state index is 12.1. The summed E-state index contributed by atoms with van der Waals surface area (Å²) in [4.78, 5) is 71.4. The van der Waals surface area contributed by atoms with Crippen LogP contribution in [0.5, 0.6) is 11.8 Å². The third-order valence-electron chi connectivity index (χ3n) is 5.80. The molecule has 0 aliphatic rings. The second-order valence-corrected chi connectivity index (χ2v) is 16.4. The van der Waals surface area contributed by atoms with Crippen molar-refractivity contribution in [2.45, 2.75) is 38.0 Å². The number of methoxy groups -OCH3 is 1. The van der Waals surface area contributed by atoms with E-state index in [2.05, 4.69) is 36.6 Å². The molecule has 3 heterocycles. The van der Waals surface area contributed by atoms with Crippen LogP contribution in [0.25, 0.3) is 5.69 Å². The van der Waals surface area contributed by atoms with Gasteiger partial charge >= 0.3 is 37.3 Å². The second-order valence-electron chi connectivity index (χ2n) is 11.4. The second kappa shape index (κ2) is 20.2. The molecule has 0 spiro atoms. The van der Waals surface area contributed by atoms with Gasteiger partial charge in [-0.15, -0.1) is 22.9 Å². The van der Waals surface area contributed by atoms with Crippen LogP contribution < -0.4 is 30.6 Å². The summed E-state index contributed by atoms with van der Waals surface area (Å²) in [7, 11) is -7.16. The van der Waals surface area contributed by atoms with Gasteiger partial charge in [-0.1, -0.05) is 49.9 Å². The highest BCUT2D eigenvalue weighted by molar-refractivity contribution is 7.90. The lowest BCUT2D eigenvalue weighted by molar-refractivity contribution is -0.135. The summed E-state index contributed by atoms with van der Waals surface area (Å²) in [6.07, 6.45) is 4.56. The van der Waals surface area contributed by atoms with E-state index in [9.17, 15) is 32.2 Å². The van der Waals surface area contributed by atoms with Crippen molar-refractivity contribution in [3.8, 4) is 29.8 Å². The fourth-order valence-electron chi connectivity index (χ4n) is 3.53. The van der Waals surface area contributed by atoms with E-state index in [1.54, 1.807) is 4.72 Å². The molecule has 0 fully saturated rings. The van der Waals surface area contributed by atoms with Gasteiger partial charge < -0.3 is 33.9 Å². The van der Waals surface area contributed by atoms with E-state index in [-0.39, 0.29) is 34.4 Å². The number of hydrogen-bond acceptors (Lipinski definition) is 16. The SMILES string of the molecule is C#CCOc1cc(-n2nc(C(C)(C)C)oc2=O)c(Cl)cc1Cl.COc1nc(C)nc(NC(=O)NS(=O)(=O)c2ccsc2C(=O)O)n1.O=C(O)CNCP(=O)(O)O. The molecule has 0 saturated carbocycles. The summed E-state index contributed by atoms with van der Waals surface area (Å²) in [5.41, 5.74) is -0.103. The predicted octanol–water partition coefficient (Wildman–Crippen LogP) is 2.70. The number of aliphatic carboxylic acids is 1. The molecule has 0 radical (unpaired) electrons. The average Bonchev–Trinajstić information content (AvgIpc) is 3.72. The largest absolute Gasteiger partial charge is 0.480 e. The van der Waals surface area contributed by atoms with Gasteiger partial charge in [0.1, 0.15) is 28.0 Å². The van der Waals surface area contributed by atoms with Crippen molar-refractivity contribution in [1.29, 1.82) is 0 Å². The number of aryl methyl sites for hydroxylation is 1. The van der Waals surface area contributed by atoms with Crippen LogP contribution >= 0.6 is 42.1 Å². The number of thiophene rings is 1. The monoisotopic (exact) mass is 882 g/mol. The Morgan fingerprint density at radius 2 is 1.79 bits per heavy atom. The van der Waals surface area contributed by atoms with Gasteiger partial charge in [0.15, 0.2) is 0 Å². The minimum absolute atomic E-state index is 0.0434. The van der Waals surface area contributed by atoms with Gasteiger partial charge in [-0.2, -0.15) is 19.6 Å². The normalized spacial score (nSPS) is 11.1. The van der Waals surface area contributed by atoms with E-state index in [0.29, 0.717) is 17.3 Å². The Labute approximate surface area is 331 Å². The van der Waals surface area contributed by atoms with Crippen molar-refractivity contribution in [1.82, 2.24) is 34.8 Å². The number of carbonyl (C=O) groups is 3. The van der Waals surface area contributed by atoms with E-state index in [1.165, 1.54) is 31.5 Å². The Balaban J connectivity index is 0.000000314. The van der Waals surface area contributed by atoms with Crippen LogP contribution in [0, 0.1) is 19.3 Å². The number of urea groups is 1. The quantitative estimate of drug-likeness (QED) is 0.0794. The fourth-order valence-corrected chi connectivity index (χ4v) is 6.62. The average molecular weight is 884 g/mol. The smallest absolute Gasteiger partial charge is 0.442 e. The highest BCUT2D eigenvalue weighted by atomic mass is 35.5. The summed E-state index contributed by atoms with van der Waals surface area (Å²) in [5.74, 6) is -0.236. The Bertz CT molecular complexity index is 2320. The number of nitrogens with zero attached hydrogens (tertiary/aromatic N) is 5. The number of ether oxygens (including phenoxy) is 2. The van der Waals surface area contributed by atoms with Crippen LogP contribution in [0.2, 0.25) is 10.0 Å². The van der Waals surface area contributed by atoms with Crippen LogP contribution in [0.4, 0.5) is 10.7 Å². The lowest BCUT2D eigenvalue weighted by atomic mass is 9.97. The zero-order valence-electron chi connectivity index (χ0n) is 29.6. The zero-order valence-corrected chi connectivity index (χ0v) is 33.7. The number of amides is 2. The van der Waals surface area contributed by atoms with E-state index in [0.717, 1.165) is 22.1 Å². The predicted molar refractivity (Wildman–Crippen MR) is 199 cm³/mol. The summed E-state index contributed by atoms with van der Waals surface area (Å²) in [6, 6.07) is 2.82. The molecule has 0 aliphatic carbocycles. The van der Waals surface area contributed by atoms with E-state index in [1.807, 2.05) is 20.8 Å². The Morgan fingerprint density at radius 3 is 2.32 bits per heavy atom. The van der Waals surface area contributed by atoms with E-state index < -0.39 is 69.4 Å². The number of aromatic carboxylic acids is 1. The van der Waals surface area contributed by atoms with Gasteiger partial charge in [0.05, 0.1) is 35.7 Å². The molecule has 4 rings (SSSR count). The van der Waals surface area contributed by atoms with Gasteiger partial charge in [0.2, 0.25) is 11.8 Å². The minimum Gasteiger partial charge on any atom is -0.480 e. The van der Waals surface area contributed by atoms with Crippen LogP contribution in [0.1, 0.15) is 42.2 Å². The number of carbonyl (C=O) groups excluding carboxylic acids is 1. The number of rotatable bonds is 12. The maximum Gasteiger partial charge on any atom is 0.442 e. The third-order valence-corrected chi connectivity index (χ3v) is 9.44. The topological polar surface area (TPSA) is 325 Å². The molecular weight excluding hydrogens is 850 g/mol. The van der Waals surface area contributed by atoms with Gasteiger partial charge in [0.25, 0.3) is 10.0 Å². The number of terminal acetylenes is 1. The Morgan fingerprint density at radius 1 is 1.12 bits per heavy atom. The van der Waals surface area contributed by atoms with Crippen molar-refractivity contribution >= 4 is 76.1 Å². The van der Waals surface area contributed by atoms with Crippen molar-refractivity contribution in [2.24, 2.45) is 0 Å². The maximum atomic E-state index is 12.1. The van der Waals surface area contributed by atoms with Gasteiger partial charge in [-0.3, -0.25) is 20.0 Å². The van der Waals surface area contributed by atoms with Crippen LogP contribution in [-0.2, 0) is 24.8 Å². The number of carboxylic acid groups (broad SMARTS) is 2. The molecule has 0 saturated heterocycles. The number of sulfonamides is 1. The molecule has 56 heavy (non-hydrogen) atoms. The Kier molecular flexibility index (Phi) is 16.9. The van der Waals surface area contributed by atoms with Crippen LogP contribution in [0.3, 0.4) is 0 Å². The number of nitrogens with one attached hydrogen (secondary N) is 3. The van der Waals surface area contributed by atoms with Gasteiger partial charge in [-0.25, -0.2) is 27.5 Å². The molecule has 2 amide bonds. The molecule has 0 aliphatic heterocycles. The molecule has 0 bridgehead atoms. The first-order chi connectivity index (χ1) is 25.9. The lowest BCUT2D eigenvalue weighted by Gasteiger charge is -2.11. The molecule has 0 atom stereocenters. The third kappa shape index (κ3) is 14.8. The first-order valence-corrected chi connectivity index (χ1v) is 19.8. The molecule has 22 nitrogen and oxygen atoms in total. The van der Waals surface area contributed by atoms with E-state index in [4.69, 9.17) is 63.5 Å². The molecule has 3 aromatic heterocycles. The molecule has 27 heteroatoms. The number of carboxylic acids is 2. The number of halogens is 2. The van der Waals surface area contributed by atoms with Gasteiger partial charge in [0, 0.05) is 11.5 Å². The molecule has 0 unspecified atom stereocenters. The van der Waals surface area contributed by atoms with E-state index >= 15 is 0 Å². The number of hydrogen-bond donors (Lipinski definition) is 7. The first-order valence-electron chi connectivity index (χ1n) is 14.9. The number of aromatic nitrogens is 5. The van der Waals surface area contributed by atoms with Crippen molar-refractivity contribution < 1.29 is 61.3 Å². The molecule has 7 N–H and O–H groups in total. The summed E-state index contributed by atoms with van der Waals surface area (Å²) in [5, 5.41) is 27.1. The molecule has 4 aromatic rings. The summed E-state index contributed by atoms with van der Waals surface area (Å²) >= 11 is 12.9. The fraction of sp³-hybridized carbons (Fsp3) is 0.310. The van der Waals surface area contributed by atoms with Crippen molar-refractivity contribution in [3.05, 3.63) is 60.8 Å². The molecular formula is C29H33Cl2N8O14PS2. The molecule has 1 aromatic carbocycles.